The van der Waals surface area contributed by atoms with Crippen LogP contribution in [0.1, 0.15) is 18.4 Å². The van der Waals surface area contributed by atoms with Crippen LogP contribution in [0, 0.1) is 0 Å². The average molecular weight is 332 g/mol. The highest BCUT2D eigenvalue weighted by Crippen LogP contribution is 2.34. The molecule has 1 aliphatic heterocycles. The van der Waals surface area contributed by atoms with Gasteiger partial charge in [0.15, 0.2) is 0 Å². The van der Waals surface area contributed by atoms with Crippen LogP contribution in [0.2, 0.25) is 0 Å². The maximum atomic E-state index is 12.4. The summed E-state index contributed by atoms with van der Waals surface area (Å²) in [6, 6.07) is 3.18. The largest absolute Gasteiger partial charge is 0.492 e. The minimum Gasteiger partial charge on any atom is -0.492 e. The predicted octanol–water partition coefficient (Wildman–Crippen LogP) is 0.641. The van der Waals surface area contributed by atoms with Gasteiger partial charge in [-0.1, -0.05) is 0 Å². The molecule has 3 N–H and O–H groups in total. The molecule has 0 saturated heterocycles. The van der Waals surface area contributed by atoms with Crippen LogP contribution in [0.3, 0.4) is 0 Å². The summed E-state index contributed by atoms with van der Waals surface area (Å²) in [6.45, 7) is 0.750. The zero-order valence-corrected chi connectivity index (χ0v) is 13.6. The maximum Gasteiger partial charge on any atom is 0.244 e. The molecule has 1 atom stereocenters. The first-order chi connectivity index (χ1) is 9.90. The molecule has 1 aliphatic rings. The second-order valence-corrected chi connectivity index (χ2v) is 8.28. The van der Waals surface area contributed by atoms with Crippen molar-refractivity contribution in [3.05, 3.63) is 17.7 Å². The third-order valence-corrected chi connectivity index (χ3v) is 5.51. The topological polar surface area (TPSA) is 98.5 Å². The van der Waals surface area contributed by atoms with Crippen molar-refractivity contribution in [2.24, 2.45) is 0 Å². The van der Waals surface area contributed by atoms with Gasteiger partial charge >= 0.3 is 0 Å². The van der Waals surface area contributed by atoms with E-state index in [0.717, 1.165) is 18.4 Å². The number of anilines is 1. The molecule has 1 aromatic carbocycles. The van der Waals surface area contributed by atoms with Gasteiger partial charge in [0, 0.05) is 35.0 Å². The molecule has 1 aromatic rings. The van der Waals surface area contributed by atoms with Crippen molar-refractivity contribution >= 4 is 26.5 Å². The zero-order chi connectivity index (χ0) is 15.5. The first-order valence-electron chi connectivity index (χ1n) is 6.75. The van der Waals surface area contributed by atoms with Crippen LogP contribution in [-0.2, 0) is 27.2 Å². The molecule has 8 heteroatoms. The van der Waals surface area contributed by atoms with E-state index >= 15 is 0 Å². The summed E-state index contributed by atoms with van der Waals surface area (Å²) >= 11 is 0. The number of hydrogen-bond donors (Lipinski definition) is 2. The molecule has 0 aliphatic carbocycles. The van der Waals surface area contributed by atoms with Gasteiger partial charge in [-0.15, -0.1) is 0 Å². The predicted molar refractivity (Wildman–Crippen MR) is 83.4 cm³/mol. The van der Waals surface area contributed by atoms with Crippen LogP contribution in [0.5, 0.6) is 5.75 Å². The molecular formula is C13H20N2O4S2. The monoisotopic (exact) mass is 332 g/mol. The third kappa shape index (κ3) is 4.18. The second kappa shape index (κ2) is 6.76. The fourth-order valence-electron chi connectivity index (χ4n) is 2.23. The number of ether oxygens (including phenoxy) is 1. The highest BCUT2D eigenvalue weighted by atomic mass is 32.2. The molecule has 1 heterocycles. The zero-order valence-electron chi connectivity index (χ0n) is 11.9. The molecule has 0 bridgehead atoms. The van der Waals surface area contributed by atoms with Crippen molar-refractivity contribution in [3.63, 3.8) is 0 Å². The lowest BCUT2D eigenvalue weighted by atomic mass is 10.1. The van der Waals surface area contributed by atoms with E-state index in [4.69, 9.17) is 10.5 Å². The molecule has 21 heavy (non-hydrogen) atoms. The van der Waals surface area contributed by atoms with Gasteiger partial charge < -0.3 is 10.5 Å². The van der Waals surface area contributed by atoms with Crippen LogP contribution >= 0.6 is 0 Å². The smallest absolute Gasteiger partial charge is 0.244 e. The summed E-state index contributed by atoms with van der Waals surface area (Å²) in [4.78, 5) is 0.0924. The van der Waals surface area contributed by atoms with Gasteiger partial charge in [0.05, 0.1) is 6.61 Å². The highest BCUT2D eigenvalue weighted by Gasteiger charge is 2.24. The molecule has 118 valence electrons. The average Bonchev–Trinajstić information content (AvgIpc) is 2.42. The van der Waals surface area contributed by atoms with E-state index in [0.29, 0.717) is 30.2 Å². The van der Waals surface area contributed by atoms with Crippen molar-refractivity contribution in [1.82, 2.24) is 4.72 Å². The first kappa shape index (κ1) is 16.3. The fraction of sp³-hybridized carbons (Fsp3) is 0.538. The minimum absolute atomic E-state index is 0.0924. The number of rotatable bonds is 6. The summed E-state index contributed by atoms with van der Waals surface area (Å²) in [6.07, 6.45) is 3.73. The molecule has 0 aromatic heterocycles. The van der Waals surface area contributed by atoms with Crippen LogP contribution in [0.25, 0.3) is 0 Å². The number of fused-ring (bicyclic) bond motifs is 1. The van der Waals surface area contributed by atoms with Gasteiger partial charge in [0.2, 0.25) is 10.0 Å². The Hall–Kier alpha value is -1.12. The van der Waals surface area contributed by atoms with Crippen molar-refractivity contribution in [2.75, 3.05) is 30.9 Å². The van der Waals surface area contributed by atoms with Crippen LogP contribution in [0.4, 0.5) is 5.69 Å². The highest BCUT2D eigenvalue weighted by molar-refractivity contribution is 7.89. The van der Waals surface area contributed by atoms with Gasteiger partial charge in [-0.3, -0.25) is 4.21 Å². The van der Waals surface area contributed by atoms with E-state index in [1.54, 1.807) is 12.3 Å². The minimum atomic E-state index is -3.68. The van der Waals surface area contributed by atoms with Crippen molar-refractivity contribution in [1.29, 1.82) is 0 Å². The number of aryl methyl sites for hydroxylation is 1. The summed E-state index contributed by atoms with van der Waals surface area (Å²) in [5, 5.41) is 0. The Labute approximate surface area is 127 Å². The van der Waals surface area contributed by atoms with E-state index in [-0.39, 0.29) is 11.4 Å². The standard InChI is InChI=1S/C13H20N2O4S2/c1-20(16)7-3-5-15-21(17,18)12-9-11(14)8-10-4-2-6-19-13(10)12/h8-9,15H,2-7,14H2,1H3. The van der Waals surface area contributed by atoms with Crippen LogP contribution in [-0.4, -0.2) is 37.8 Å². The number of nitrogen functional groups attached to an aromatic ring is 1. The van der Waals surface area contributed by atoms with Crippen molar-refractivity contribution in [3.8, 4) is 5.75 Å². The van der Waals surface area contributed by atoms with Crippen molar-refractivity contribution in [2.45, 2.75) is 24.2 Å². The Bertz CT molecular complexity index is 644. The lowest BCUT2D eigenvalue weighted by Crippen LogP contribution is -2.27. The van der Waals surface area contributed by atoms with Crippen LogP contribution < -0.4 is 15.2 Å². The summed E-state index contributed by atoms with van der Waals surface area (Å²) in [7, 11) is -4.60. The fourth-order valence-corrected chi connectivity index (χ4v) is 4.07. The molecule has 2 rings (SSSR count). The Morgan fingerprint density at radius 2 is 2.19 bits per heavy atom. The molecular weight excluding hydrogens is 312 g/mol. The van der Waals surface area contributed by atoms with Crippen molar-refractivity contribution < 1.29 is 17.4 Å². The molecule has 0 fully saturated rings. The number of benzene rings is 1. The summed E-state index contributed by atoms with van der Waals surface area (Å²) in [5.74, 6) is 0.871. The molecule has 0 amide bonds. The summed E-state index contributed by atoms with van der Waals surface area (Å²) in [5.41, 5.74) is 7.03. The normalized spacial score (nSPS) is 16.0. The Balaban J connectivity index is 2.19. The van der Waals surface area contributed by atoms with E-state index in [1.807, 2.05) is 0 Å². The lowest BCUT2D eigenvalue weighted by molar-refractivity contribution is 0.280. The number of hydrogen-bond acceptors (Lipinski definition) is 5. The van der Waals surface area contributed by atoms with Gasteiger partial charge in [-0.2, -0.15) is 0 Å². The first-order valence-corrected chi connectivity index (χ1v) is 9.96. The van der Waals surface area contributed by atoms with Gasteiger partial charge in [0.1, 0.15) is 10.6 Å². The number of nitrogens with two attached hydrogens (primary N) is 1. The van der Waals surface area contributed by atoms with Gasteiger partial charge in [0.25, 0.3) is 0 Å². The molecule has 0 radical (unpaired) electrons. The Morgan fingerprint density at radius 1 is 1.43 bits per heavy atom. The quantitative estimate of drug-likeness (QED) is 0.588. The molecule has 0 spiro atoms. The molecule has 1 unspecified atom stereocenters. The Kier molecular flexibility index (Phi) is 5.23. The summed E-state index contributed by atoms with van der Waals surface area (Å²) < 4.78 is 43.8. The van der Waals surface area contributed by atoms with Gasteiger partial charge in [-0.05, 0) is 37.0 Å². The molecule has 0 saturated carbocycles. The van der Waals surface area contributed by atoms with E-state index in [1.165, 1.54) is 6.07 Å². The number of nitrogens with one attached hydrogen (secondary N) is 1. The third-order valence-electron chi connectivity index (χ3n) is 3.18. The SMILES string of the molecule is CS(=O)CCCNS(=O)(=O)c1cc(N)cc2c1OCCC2. The Morgan fingerprint density at radius 3 is 2.90 bits per heavy atom. The van der Waals surface area contributed by atoms with Crippen LogP contribution in [0.15, 0.2) is 17.0 Å². The van der Waals surface area contributed by atoms with E-state index in [9.17, 15) is 12.6 Å². The number of sulfonamides is 1. The van der Waals surface area contributed by atoms with E-state index < -0.39 is 20.8 Å². The second-order valence-electron chi connectivity index (χ2n) is 4.99. The van der Waals surface area contributed by atoms with Gasteiger partial charge in [-0.25, -0.2) is 13.1 Å². The van der Waals surface area contributed by atoms with E-state index in [2.05, 4.69) is 4.72 Å². The maximum absolute atomic E-state index is 12.4. The molecule has 6 nitrogen and oxygen atoms in total. The lowest BCUT2D eigenvalue weighted by Gasteiger charge is -2.21.